The van der Waals surface area contributed by atoms with E-state index in [4.69, 9.17) is 4.74 Å². The zero-order valence-electron chi connectivity index (χ0n) is 8.68. The highest BCUT2D eigenvalue weighted by molar-refractivity contribution is 9.10. The minimum absolute atomic E-state index is 0.615. The van der Waals surface area contributed by atoms with Gasteiger partial charge in [0.2, 0.25) is 0 Å². The Morgan fingerprint density at radius 1 is 1.38 bits per heavy atom. The van der Waals surface area contributed by atoms with E-state index >= 15 is 0 Å². The Kier molecular flexibility index (Phi) is 3.10. The molecule has 0 spiro atoms. The largest absolute Gasteiger partial charge is 0.495 e. The van der Waals surface area contributed by atoms with Crippen LogP contribution in [0.25, 0.3) is 5.69 Å². The molecule has 0 aliphatic carbocycles. The predicted octanol–water partition coefficient (Wildman–Crippen LogP) is 3.06. The van der Waals surface area contributed by atoms with Gasteiger partial charge in [-0.25, -0.2) is 0 Å². The maximum atomic E-state index is 10.8. The first-order valence-corrected chi connectivity index (χ1v) is 5.52. The summed E-state index contributed by atoms with van der Waals surface area (Å²) in [6.07, 6.45) is 2.67. The third-order valence-electron chi connectivity index (χ3n) is 2.31. The Hall–Kier alpha value is -1.55. The van der Waals surface area contributed by atoms with Crippen molar-refractivity contribution in [1.29, 1.82) is 0 Å². The second-order valence-electron chi connectivity index (χ2n) is 3.24. The van der Waals surface area contributed by atoms with Gasteiger partial charge in [-0.15, -0.1) is 0 Å². The van der Waals surface area contributed by atoms with Crippen LogP contribution in [0.1, 0.15) is 10.5 Å². The van der Waals surface area contributed by atoms with Crippen molar-refractivity contribution in [2.45, 2.75) is 0 Å². The van der Waals surface area contributed by atoms with Crippen LogP contribution in [-0.4, -0.2) is 18.0 Å². The number of nitrogens with zero attached hydrogens (tertiary/aromatic N) is 1. The maximum Gasteiger partial charge on any atom is 0.166 e. The number of carbonyl (C=O) groups excluding carboxylic acids is 1. The minimum atomic E-state index is 0.615. The van der Waals surface area contributed by atoms with Gasteiger partial charge in [0.05, 0.1) is 17.3 Å². The van der Waals surface area contributed by atoms with Crippen molar-refractivity contribution in [2.24, 2.45) is 0 Å². The first-order chi connectivity index (χ1) is 7.76. The Balaban J connectivity index is 2.52. The summed E-state index contributed by atoms with van der Waals surface area (Å²) in [6, 6.07) is 9.28. The van der Waals surface area contributed by atoms with Gasteiger partial charge in [-0.1, -0.05) is 0 Å². The summed E-state index contributed by atoms with van der Waals surface area (Å²) in [7, 11) is 1.61. The molecule has 1 aromatic carbocycles. The van der Waals surface area contributed by atoms with Crippen LogP contribution >= 0.6 is 15.9 Å². The van der Waals surface area contributed by atoms with E-state index in [0.29, 0.717) is 5.69 Å². The Morgan fingerprint density at radius 2 is 2.19 bits per heavy atom. The van der Waals surface area contributed by atoms with Crippen molar-refractivity contribution in [3.63, 3.8) is 0 Å². The third-order valence-corrected chi connectivity index (χ3v) is 2.97. The Morgan fingerprint density at radius 3 is 2.88 bits per heavy atom. The number of hydrogen-bond acceptors (Lipinski definition) is 2. The molecule has 0 saturated heterocycles. The predicted molar refractivity (Wildman–Crippen MR) is 65.4 cm³/mol. The molecule has 82 valence electrons. The maximum absolute atomic E-state index is 10.8. The molecule has 4 heteroatoms. The van der Waals surface area contributed by atoms with Gasteiger partial charge in [0.1, 0.15) is 5.75 Å². The lowest BCUT2D eigenvalue weighted by Crippen LogP contribution is -1.98. The summed E-state index contributed by atoms with van der Waals surface area (Å²) < 4.78 is 7.90. The molecule has 1 aromatic heterocycles. The summed E-state index contributed by atoms with van der Waals surface area (Å²) in [4.78, 5) is 10.8. The van der Waals surface area contributed by atoms with Crippen LogP contribution in [0.5, 0.6) is 5.75 Å². The van der Waals surface area contributed by atoms with Crippen LogP contribution in [0, 0.1) is 0 Å². The normalized spacial score (nSPS) is 10.1. The highest BCUT2D eigenvalue weighted by atomic mass is 79.9. The molecule has 3 nitrogen and oxygen atoms in total. The SMILES string of the molecule is COc1cc(-n2cccc2C=O)ccc1Br. The molecular formula is C12H10BrNO2. The van der Waals surface area contributed by atoms with Gasteiger partial charge in [0, 0.05) is 18.0 Å². The van der Waals surface area contributed by atoms with Gasteiger partial charge < -0.3 is 9.30 Å². The zero-order valence-corrected chi connectivity index (χ0v) is 10.3. The molecule has 0 N–H and O–H groups in total. The van der Waals surface area contributed by atoms with Gasteiger partial charge in [-0.3, -0.25) is 4.79 Å². The molecule has 0 fully saturated rings. The quantitative estimate of drug-likeness (QED) is 0.809. The lowest BCUT2D eigenvalue weighted by molar-refractivity contribution is 0.111. The molecule has 0 aliphatic rings. The first-order valence-electron chi connectivity index (χ1n) is 4.72. The molecule has 0 saturated carbocycles. The number of aldehydes is 1. The Labute approximate surface area is 102 Å². The number of ether oxygens (including phenoxy) is 1. The molecule has 0 aliphatic heterocycles. The van der Waals surface area contributed by atoms with Crippen molar-refractivity contribution in [3.05, 3.63) is 46.7 Å². The third kappa shape index (κ3) is 1.88. The van der Waals surface area contributed by atoms with E-state index in [1.165, 1.54) is 0 Å². The number of hydrogen-bond donors (Lipinski definition) is 0. The minimum Gasteiger partial charge on any atom is -0.495 e. The fourth-order valence-electron chi connectivity index (χ4n) is 1.52. The van der Waals surface area contributed by atoms with E-state index in [-0.39, 0.29) is 0 Å². The fourth-order valence-corrected chi connectivity index (χ4v) is 1.93. The molecule has 2 rings (SSSR count). The van der Waals surface area contributed by atoms with E-state index < -0.39 is 0 Å². The van der Waals surface area contributed by atoms with Gasteiger partial charge in [-0.05, 0) is 40.2 Å². The van der Waals surface area contributed by atoms with E-state index in [1.807, 2.05) is 35.0 Å². The van der Waals surface area contributed by atoms with Crippen LogP contribution in [0.2, 0.25) is 0 Å². The number of carbonyl (C=O) groups is 1. The second-order valence-corrected chi connectivity index (χ2v) is 4.09. The molecule has 2 aromatic rings. The van der Waals surface area contributed by atoms with Crippen molar-refractivity contribution >= 4 is 22.2 Å². The van der Waals surface area contributed by atoms with Crippen molar-refractivity contribution in [1.82, 2.24) is 4.57 Å². The highest BCUT2D eigenvalue weighted by Gasteiger charge is 2.05. The van der Waals surface area contributed by atoms with Crippen molar-refractivity contribution in [2.75, 3.05) is 7.11 Å². The first kappa shape index (κ1) is 11.0. The molecule has 1 heterocycles. The average molecular weight is 280 g/mol. The number of halogens is 1. The highest BCUT2D eigenvalue weighted by Crippen LogP contribution is 2.27. The number of methoxy groups -OCH3 is 1. The van der Waals surface area contributed by atoms with Gasteiger partial charge in [-0.2, -0.15) is 0 Å². The van der Waals surface area contributed by atoms with E-state index in [1.54, 1.807) is 13.2 Å². The fraction of sp³-hybridized carbons (Fsp3) is 0.0833. The second kappa shape index (κ2) is 4.53. The lowest BCUT2D eigenvalue weighted by Gasteiger charge is -2.09. The number of benzene rings is 1. The standard InChI is InChI=1S/C12H10BrNO2/c1-16-12-7-9(4-5-11(12)13)14-6-2-3-10(14)8-15/h2-8H,1H3. The van der Waals surface area contributed by atoms with Crippen LogP contribution in [0.4, 0.5) is 0 Å². The van der Waals surface area contributed by atoms with Crippen LogP contribution in [0.3, 0.4) is 0 Å². The van der Waals surface area contributed by atoms with Gasteiger partial charge in [0.25, 0.3) is 0 Å². The number of rotatable bonds is 3. The molecule has 0 amide bonds. The summed E-state index contributed by atoms with van der Waals surface area (Å²) >= 11 is 3.39. The summed E-state index contributed by atoms with van der Waals surface area (Å²) in [5.41, 5.74) is 1.51. The zero-order chi connectivity index (χ0) is 11.5. The summed E-state index contributed by atoms with van der Waals surface area (Å²) in [6.45, 7) is 0. The van der Waals surface area contributed by atoms with Crippen LogP contribution in [0.15, 0.2) is 41.0 Å². The molecular weight excluding hydrogens is 270 g/mol. The van der Waals surface area contributed by atoms with Crippen LogP contribution in [-0.2, 0) is 0 Å². The van der Waals surface area contributed by atoms with Crippen molar-refractivity contribution in [3.8, 4) is 11.4 Å². The number of aromatic nitrogens is 1. The average Bonchev–Trinajstić information content (AvgIpc) is 2.78. The lowest BCUT2D eigenvalue weighted by atomic mass is 10.3. The topological polar surface area (TPSA) is 31.2 Å². The van der Waals surface area contributed by atoms with Gasteiger partial charge in [0.15, 0.2) is 6.29 Å². The van der Waals surface area contributed by atoms with Gasteiger partial charge >= 0.3 is 0 Å². The molecule has 0 atom stereocenters. The molecule has 16 heavy (non-hydrogen) atoms. The summed E-state index contributed by atoms with van der Waals surface area (Å²) in [5, 5.41) is 0. The van der Waals surface area contributed by atoms with E-state index in [9.17, 15) is 4.79 Å². The molecule has 0 unspecified atom stereocenters. The molecule has 0 bridgehead atoms. The Bertz CT molecular complexity index is 519. The van der Waals surface area contributed by atoms with Crippen LogP contribution < -0.4 is 4.74 Å². The molecule has 0 radical (unpaired) electrons. The van der Waals surface area contributed by atoms with Crippen molar-refractivity contribution < 1.29 is 9.53 Å². The summed E-state index contributed by atoms with van der Waals surface area (Å²) in [5.74, 6) is 0.739. The monoisotopic (exact) mass is 279 g/mol. The van der Waals surface area contributed by atoms with E-state index in [2.05, 4.69) is 15.9 Å². The smallest absolute Gasteiger partial charge is 0.166 e. The van der Waals surface area contributed by atoms with E-state index in [0.717, 1.165) is 22.2 Å².